The van der Waals surface area contributed by atoms with E-state index in [1.54, 1.807) is 19.2 Å². The van der Waals surface area contributed by atoms with Crippen molar-refractivity contribution in [3.05, 3.63) is 102 Å². The zero-order valence-electron chi connectivity index (χ0n) is 15.9. The Kier molecular flexibility index (Phi) is 4.54. The third-order valence-electron chi connectivity index (χ3n) is 5.37. The summed E-state index contributed by atoms with van der Waals surface area (Å²) in [6.07, 6.45) is 0.115. The monoisotopic (exact) mass is 393 g/mol. The average Bonchev–Trinajstić information content (AvgIpc) is 2.76. The van der Waals surface area contributed by atoms with Gasteiger partial charge in [-0.25, -0.2) is 4.79 Å². The molecule has 0 N–H and O–H groups in total. The van der Waals surface area contributed by atoms with Crippen molar-refractivity contribution in [2.24, 2.45) is 14.1 Å². The van der Waals surface area contributed by atoms with E-state index < -0.39 is 16.2 Å². The first-order valence-corrected chi connectivity index (χ1v) is 9.14. The summed E-state index contributed by atoms with van der Waals surface area (Å²) in [5.41, 5.74) is 1.17. The first-order chi connectivity index (χ1) is 13.9. The van der Waals surface area contributed by atoms with E-state index in [0.29, 0.717) is 12.0 Å². The minimum atomic E-state index is -0.468. The highest BCUT2D eigenvalue weighted by Crippen LogP contribution is 2.43. The largest absolute Gasteiger partial charge is 0.470 e. The molecule has 8 heteroatoms. The van der Waals surface area contributed by atoms with Gasteiger partial charge in [0.1, 0.15) is 6.10 Å². The molecule has 4 rings (SSSR count). The molecule has 2 aromatic carbocycles. The molecular weight excluding hydrogens is 374 g/mol. The Labute approximate surface area is 165 Å². The standard InChI is InChI=1S/C21H19N3O5/c1-22-19(25)18-16(13-8-10-15(11-9-13)24(27)28)12-17(14-6-4-3-5-7-14)29-20(18)23(2)21(22)26/h3-11,16-17H,12H2,1-2H3/t16-,17+/m0/s1. The first-order valence-electron chi connectivity index (χ1n) is 9.14. The lowest BCUT2D eigenvalue weighted by atomic mass is 9.84. The molecule has 0 fully saturated rings. The molecule has 0 spiro atoms. The summed E-state index contributed by atoms with van der Waals surface area (Å²) in [5.74, 6) is -0.128. The Morgan fingerprint density at radius 1 is 0.966 bits per heavy atom. The van der Waals surface area contributed by atoms with Crippen LogP contribution in [0.3, 0.4) is 0 Å². The second-order valence-corrected chi connectivity index (χ2v) is 7.08. The van der Waals surface area contributed by atoms with Gasteiger partial charge in [0.2, 0.25) is 5.88 Å². The van der Waals surface area contributed by atoms with Gasteiger partial charge in [-0.1, -0.05) is 42.5 Å². The van der Waals surface area contributed by atoms with Crippen LogP contribution in [-0.2, 0) is 14.1 Å². The minimum absolute atomic E-state index is 0.0194. The molecule has 148 valence electrons. The van der Waals surface area contributed by atoms with E-state index in [4.69, 9.17) is 4.74 Å². The number of benzene rings is 2. The maximum Gasteiger partial charge on any atom is 0.333 e. The third-order valence-corrected chi connectivity index (χ3v) is 5.37. The predicted molar refractivity (Wildman–Crippen MR) is 106 cm³/mol. The summed E-state index contributed by atoms with van der Waals surface area (Å²) in [4.78, 5) is 35.9. The zero-order valence-corrected chi connectivity index (χ0v) is 15.9. The van der Waals surface area contributed by atoms with Crippen LogP contribution in [-0.4, -0.2) is 14.1 Å². The molecule has 2 atom stereocenters. The summed E-state index contributed by atoms with van der Waals surface area (Å²) in [6, 6.07) is 15.7. The number of ether oxygens (including phenoxy) is 1. The molecule has 3 aromatic rings. The maximum absolute atomic E-state index is 12.9. The Morgan fingerprint density at radius 3 is 2.24 bits per heavy atom. The molecule has 0 bridgehead atoms. The van der Waals surface area contributed by atoms with Crippen LogP contribution in [0.15, 0.2) is 64.2 Å². The number of non-ortho nitro benzene ring substituents is 1. The molecule has 29 heavy (non-hydrogen) atoms. The first kappa shape index (κ1) is 18.7. The van der Waals surface area contributed by atoms with Gasteiger partial charge in [-0.2, -0.15) is 0 Å². The Morgan fingerprint density at radius 2 is 1.62 bits per heavy atom. The third kappa shape index (κ3) is 3.12. The summed E-state index contributed by atoms with van der Waals surface area (Å²) in [5, 5.41) is 11.0. The van der Waals surface area contributed by atoms with Gasteiger partial charge in [-0.3, -0.25) is 24.0 Å². The van der Waals surface area contributed by atoms with E-state index in [1.165, 1.54) is 23.7 Å². The normalized spacial score (nSPS) is 18.0. The molecule has 0 saturated carbocycles. The summed E-state index contributed by atoms with van der Waals surface area (Å²) < 4.78 is 8.52. The quantitative estimate of drug-likeness (QED) is 0.503. The number of hydrogen-bond acceptors (Lipinski definition) is 5. The number of nitro benzene ring substituents is 1. The van der Waals surface area contributed by atoms with Gasteiger partial charge in [-0.05, 0) is 17.5 Å². The van der Waals surface area contributed by atoms with E-state index in [9.17, 15) is 19.7 Å². The van der Waals surface area contributed by atoms with Crippen molar-refractivity contribution in [3.8, 4) is 5.88 Å². The van der Waals surface area contributed by atoms with Crippen molar-refractivity contribution >= 4 is 5.69 Å². The molecule has 0 aliphatic carbocycles. The lowest BCUT2D eigenvalue weighted by Gasteiger charge is -2.33. The van der Waals surface area contributed by atoms with Crippen LogP contribution in [0.5, 0.6) is 5.88 Å². The van der Waals surface area contributed by atoms with Gasteiger partial charge in [-0.15, -0.1) is 0 Å². The molecule has 8 nitrogen and oxygen atoms in total. The highest BCUT2D eigenvalue weighted by molar-refractivity contribution is 5.43. The van der Waals surface area contributed by atoms with Crippen LogP contribution in [0.25, 0.3) is 0 Å². The maximum atomic E-state index is 12.9. The van der Waals surface area contributed by atoms with Crippen LogP contribution in [0.2, 0.25) is 0 Å². The fraction of sp³-hybridized carbons (Fsp3) is 0.238. The second-order valence-electron chi connectivity index (χ2n) is 7.08. The SMILES string of the molecule is Cn1c2c(c(=O)n(C)c1=O)[C@H](c1ccc([N+](=O)[O-])cc1)C[C@H](c1ccccc1)O2. The fourth-order valence-electron chi connectivity index (χ4n) is 3.81. The Bertz CT molecular complexity index is 1200. The van der Waals surface area contributed by atoms with Crippen molar-refractivity contribution in [2.75, 3.05) is 0 Å². The number of rotatable bonds is 3. The summed E-state index contributed by atoms with van der Waals surface area (Å²) in [7, 11) is 3.00. The van der Waals surface area contributed by atoms with Crippen molar-refractivity contribution in [2.45, 2.75) is 18.4 Å². The molecule has 1 aliphatic rings. The van der Waals surface area contributed by atoms with Crippen LogP contribution in [0.1, 0.15) is 35.1 Å². The van der Waals surface area contributed by atoms with Gasteiger partial charge in [0, 0.05) is 32.1 Å². The number of hydrogen-bond donors (Lipinski definition) is 0. The van der Waals surface area contributed by atoms with E-state index in [-0.39, 0.29) is 23.6 Å². The van der Waals surface area contributed by atoms with E-state index in [1.807, 2.05) is 30.3 Å². The van der Waals surface area contributed by atoms with Gasteiger partial charge >= 0.3 is 5.69 Å². The molecule has 1 aromatic heterocycles. The van der Waals surface area contributed by atoms with Gasteiger partial charge in [0.15, 0.2) is 0 Å². The molecule has 0 amide bonds. The number of fused-ring (bicyclic) bond motifs is 1. The topological polar surface area (TPSA) is 96.4 Å². The Balaban J connectivity index is 1.91. The number of nitro groups is 1. The van der Waals surface area contributed by atoms with Gasteiger partial charge < -0.3 is 4.74 Å². The second kappa shape index (κ2) is 7.05. The predicted octanol–water partition coefficient (Wildman–Crippen LogP) is 2.65. The van der Waals surface area contributed by atoms with E-state index >= 15 is 0 Å². The van der Waals surface area contributed by atoms with Crippen molar-refractivity contribution in [1.82, 2.24) is 9.13 Å². The molecule has 0 saturated heterocycles. The lowest BCUT2D eigenvalue weighted by Crippen LogP contribution is -2.42. The summed E-state index contributed by atoms with van der Waals surface area (Å²) >= 11 is 0. The van der Waals surface area contributed by atoms with E-state index in [0.717, 1.165) is 15.7 Å². The van der Waals surface area contributed by atoms with Crippen LogP contribution in [0.4, 0.5) is 5.69 Å². The van der Waals surface area contributed by atoms with Crippen molar-refractivity contribution in [3.63, 3.8) is 0 Å². The molecular formula is C21H19N3O5. The van der Waals surface area contributed by atoms with Crippen molar-refractivity contribution in [1.29, 1.82) is 0 Å². The lowest BCUT2D eigenvalue weighted by molar-refractivity contribution is -0.384. The molecule has 0 unspecified atom stereocenters. The Hall–Kier alpha value is -3.68. The van der Waals surface area contributed by atoms with Crippen LogP contribution < -0.4 is 16.0 Å². The molecule has 0 radical (unpaired) electrons. The molecule has 2 heterocycles. The summed E-state index contributed by atoms with van der Waals surface area (Å²) in [6.45, 7) is 0. The van der Waals surface area contributed by atoms with Gasteiger partial charge in [0.25, 0.3) is 11.2 Å². The minimum Gasteiger partial charge on any atom is -0.470 e. The highest BCUT2D eigenvalue weighted by atomic mass is 16.6. The van der Waals surface area contributed by atoms with Crippen LogP contribution in [0, 0.1) is 10.1 Å². The highest BCUT2D eigenvalue weighted by Gasteiger charge is 2.35. The zero-order chi connectivity index (χ0) is 20.7. The van der Waals surface area contributed by atoms with Crippen molar-refractivity contribution < 1.29 is 9.66 Å². The molecule has 1 aliphatic heterocycles. The smallest absolute Gasteiger partial charge is 0.333 e. The average molecular weight is 393 g/mol. The van der Waals surface area contributed by atoms with Crippen LogP contribution >= 0.6 is 0 Å². The van der Waals surface area contributed by atoms with Gasteiger partial charge in [0.05, 0.1) is 10.5 Å². The van der Waals surface area contributed by atoms with E-state index in [2.05, 4.69) is 0 Å². The fourth-order valence-corrected chi connectivity index (χ4v) is 3.81. The number of aromatic nitrogens is 2. The number of nitrogens with zero attached hydrogens (tertiary/aromatic N) is 3.